The first-order valence-electron chi connectivity index (χ1n) is 7.77. The number of nitrogens with zero attached hydrogens (tertiary/aromatic N) is 3. The van der Waals surface area contributed by atoms with E-state index in [9.17, 15) is 4.79 Å². The summed E-state index contributed by atoms with van der Waals surface area (Å²) in [7, 11) is 0. The van der Waals surface area contributed by atoms with Crippen LogP contribution in [-0.4, -0.2) is 53.0 Å². The highest BCUT2D eigenvalue weighted by Gasteiger charge is 2.17. The summed E-state index contributed by atoms with van der Waals surface area (Å²) in [6.07, 6.45) is 7.67. The minimum absolute atomic E-state index is 0.0723. The van der Waals surface area contributed by atoms with Crippen LogP contribution in [-0.2, 0) is 4.79 Å². The zero-order valence-electron chi connectivity index (χ0n) is 12.7. The molecule has 116 valence electrons. The second-order valence-corrected chi connectivity index (χ2v) is 5.48. The van der Waals surface area contributed by atoms with Crippen molar-refractivity contribution in [2.75, 3.05) is 31.5 Å². The molecule has 1 aromatic rings. The van der Waals surface area contributed by atoms with Crippen LogP contribution in [0.1, 0.15) is 32.6 Å². The summed E-state index contributed by atoms with van der Waals surface area (Å²) in [5.74, 6) is 0.635. The molecule has 1 amide bonds. The van der Waals surface area contributed by atoms with Crippen molar-refractivity contribution >= 4 is 11.9 Å². The maximum absolute atomic E-state index is 11.7. The molecule has 2 rings (SSSR count). The number of amides is 1. The topological polar surface area (TPSA) is 70.2 Å². The third kappa shape index (κ3) is 5.67. The van der Waals surface area contributed by atoms with Gasteiger partial charge in [-0.05, 0) is 32.4 Å². The molecule has 0 aliphatic carbocycles. The number of piperidine rings is 1. The minimum Gasteiger partial charge on any atom is -0.355 e. The Hall–Kier alpha value is -1.69. The molecule has 0 saturated carbocycles. The van der Waals surface area contributed by atoms with E-state index in [1.54, 1.807) is 18.5 Å². The normalized spacial score (nSPS) is 19.2. The first-order valence-corrected chi connectivity index (χ1v) is 7.77. The molecule has 1 fully saturated rings. The Labute approximate surface area is 126 Å². The fraction of sp³-hybridized carbons (Fsp3) is 0.667. The third-order valence-electron chi connectivity index (χ3n) is 3.86. The van der Waals surface area contributed by atoms with Crippen LogP contribution >= 0.6 is 0 Å². The Kier molecular flexibility index (Phi) is 6.40. The van der Waals surface area contributed by atoms with Crippen LogP contribution in [0.3, 0.4) is 0 Å². The SMILES string of the molecule is C[C@H]1CCCCN1CCNC(=O)CCNc1ncccn1. The number of likely N-dealkylation sites (tertiary alicyclic amines) is 1. The molecule has 1 atom stereocenters. The highest BCUT2D eigenvalue weighted by atomic mass is 16.1. The summed E-state index contributed by atoms with van der Waals surface area (Å²) < 4.78 is 0. The van der Waals surface area contributed by atoms with Gasteiger partial charge in [0, 0.05) is 44.5 Å². The molecule has 0 bridgehead atoms. The number of anilines is 1. The summed E-state index contributed by atoms with van der Waals surface area (Å²) >= 11 is 0. The molecule has 2 heterocycles. The molecule has 6 nitrogen and oxygen atoms in total. The van der Waals surface area contributed by atoms with Gasteiger partial charge in [-0.3, -0.25) is 9.69 Å². The van der Waals surface area contributed by atoms with Gasteiger partial charge in [-0.2, -0.15) is 0 Å². The van der Waals surface area contributed by atoms with Gasteiger partial charge in [-0.15, -0.1) is 0 Å². The Morgan fingerprint density at radius 3 is 2.90 bits per heavy atom. The van der Waals surface area contributed by atoms with Gasteiger partial charge >= 0.3 is 0 Å². The maximum atomic E-state index is 11.7. The van der Waals surface area contributed by atoms with Crippen molar-refractivity contribution in [3.05, 3.63) is 18.5 Å². The van der Waals surface area contributed by atoms with Gasteiger partial charge in [0.25, 0.3) is 0 Å². The van der Waals surface area contributed by atoms with Gasteiger partial charge in [0.1, 0.15) is 0 Å². The fourth-order valence-corrected chi connectivity index (χ4v) is 2.60. The van der Waals surface area contributed by atoms with E-state index in [-0.39, 0.29) is 5.91 Å². The summed E-state index contributed by atoms with van der Waals surface area (Å²) in [6.45, 7) is 5.65. The second-order valence-electron chi connectivity index (χ2n) is 5.48. The van der Waals surface area contributed by atoms with Crippen molar-refractivity contribution in [3.63, 3.8) is 0 Å². The fourth-order valence-electron chi connectivity index (χ4n) is 2.60. The van der Waals surface area contributed by atoms with Crippen molar-refractivity contribution in [2.45, 2.75) is 38.6 Å². The Bertz CT molecular complexity index is 425. The molecule has 1 aromatic heterocycles. The maximum Gasteiger partial charge on any atom is 0.222 e. The van der Waals surface area contributed by atoms with Gasteiger partial charge in [-0.1, -0.05) is 6.42 Å². The number of carbonyl (C=O) groups excluding carboxylic acids is 1. The Morgan fingerprint density at radius 1 is 1.33 bits per heavy atom. The van der Waals surface area contributed by atoms with Crippen molar-refractivity contribution in [1.82, 2.24) is 20.2 Å². The molecule has 1 saturated heterocycles. The number of rotatable bonds is 7. The van der Waals surface area contributed by atoms with Gasteiger partial charge in [0.05, 0.1) is 0 Å². The standard InChI is InChI=1S/C15H25N5O/c1-13-5-2-3-11-20(13)12-10-16-14(21)6-9-19-15-17-7-4-8-18-15/h4,7-8,13H,2-3,5-6,9-12H2,1H3,(H,16,21)(H,17,18,19)/t13-/m0/s1. The largest absolute Gasteiger partial charge is 0.355 e. The third-order valence-corrected chi connectivity index (χ3v) is 3.86. The van der Waals surface area contributed by atoms with Crippen molar-refractivity contribution < 1.29 is 4.79 Å². The average Bonchev–Trinajstić information content (AvgIpc) is 2.50. The lowest BCUT2D eigenvalue weighted by Crippen LogP contribution is -2.42. The minimum atomic E-state index is 0.0723. The van der Waals surface area contributed by atoms with Gasteiger partial charge < -0.3 is 10.6 Å². The number of nitrogens with one attached hydrogen (secondary N) is 2. The molecule has 0 radical (unpaired) electrons. The molecule has 6 heteroatoms. The zero-order chi connectivity index (χ0) is 14.9. The van der Waals surface area contributed by atoms with Crippen LogP contribution in [0, 0.1) is 0 Å². The van der Waals surface area contributed by atoms with E-state index < -0.39 is 0 Å². The average molecular weight is 291 g/mol. The van der Waals surface area contributed by atoms with Crippen molar-refractivity contribution in [2.24, 2.45) is 0 Å². The van der Waals surface area contributed by atoms with E-state index in [2.05, 4.69) is 32.4 Å². The van der Waals surface area contributed by atoms with Gasteiger partial charge in [-0.25, -0.2) is 9.97 Å². The van der Waals surface area contributed by atoms with Crippen molar-refractivity contribution in [1.29, 1.82) is 0 Å². The number of hydrogen-bond acceptors (Lipinski definition) is 5. The van der Waals surface area contributed by atoms with Crippen LogP contribution in [0.15, 0.2) is 18.5 Å². The number of hydrogen-bond donors (Lipinski definition) is 2. The monoisotopic (exact) mass is 291 g/mol. The molecule has 21 heavy (non-hydrogen) atoms. The van der Waals surface area contributed by atoms with Crippen LogP contribution in [0.4, 0.5) is 5.95 Å². The lowest BCUT2D eigenvalue weighted by atomic mass is 10.0. The number of carbonyl (C=O) groups is 1. The molecule has 1 aliphatic heterocycles. The van der Waals surface area contributed by atoms with Crippen molar-refractivity contribution in [3.8, 4) is 0 Å². The lowest BCUT2D eigenvalue weighted by molar-refractivity contribution is -0.120. The van der Waals surface area contributed by atoms with Crippen LogP contribution in [0.2, 0.25) is 0 Å². The summed E-state index contributed by atoms with van der Waals surface area (Å²) in [4.78, 5) is 22.3. The van der Waals surface area contributed by atoms with Crippen LogP contribution in [0.5, 0.6) is 0 Å². The van der Waals surface area contributed by atoms with Crippen LogP contribution in [0.25, 0.3) is 0 Å². The smallest absolute Gasteiger partial charge is 0.222 e. The molecule has 0 aromatic carbocycles. The zero-order valence-corrected chi connectivity index (χ0v) is 12.7. The van der Waals surface area contributed by atoms with Crippen LogP contribution < -0.4 is 10.6 Å². The van der Waals surface area contributed by atoms with Gasteiger partial charge in [0.15, 0.2) is 0 Å². The predicted octanol–water partition coefficient (Wildman–Crippen LogP) is 1.27. The molecular weight excluding hydrogens is 266 g/mol. The molecule has 1 aliphatic rings. The van der Waals surface area contributed by atoms with E-state index in [0.29, 0.717) is 25.0 Å². The Balaban J connectivity index is 1.55. The van der Waals surface area contributed by atoms with E-state index in [0.717, 1.165) is 19.6 Å². The number of aromatic nitrogens is 2. The Morgan fingerprint density at radius 2 is 2.14 bits per heavy atom. The van der Waals surface area contributed by atoms with E-state index >= 15 is 0 Å². The van der Waals surface area contributed by atoms with Gasteiger partial charge in [0.2, 0.25) is 11.9 Å². The first kappa shape index (κ1) is 15.7. The van der Waals surface area contributed by atoms with E-state index in [4.69, 9.17) is 0 Å². The second kappa shape index (κ2) is 8.56. The van der Waals surface area contributed by atoms with E-state index in [1.165, 1.54) is 19.3 Å². The molecule has 0 spiro atoms. The highest BCUT2D eigenvalue weighted by Crippen LogP contribution is 2.15. The highest BCUT2D eigenvalue weighted by molar-refractivity contribution is 5.76. The lowest BCUT2D eigenvalue weighted by Gasteiger charge is -2.33. The summed E-state index contributed by atoms with van der Waals surface area (Å²) in [5, 5.41) is 6.00. The molecule has 0 unspecified atom stereocenters. The molecular formula is C15H25N5O. The predicted molar refractivity (Wildman–Crippen MR) is 83.0 cm³/mol. The first-order chi connectivity index (χ1) is 10.3. The summed E-state index contributed by atoms with van der Waals surface area (Å²) in [6, 6.07) is 2.41. The quantitative estimate of drug-likeness (QED) is 0.791. The summed E-state index contributed by atoms with van der Waals surface area (Å²) in [5.41, 5.74) is 0. The van der Waals surface area contributed by atoms with E-state index in [1.807, 2.05) is 0 Å². The molecule has 2 N–H and O–H groups in total.